The van der Waals surface area contributed by atoms with Gasteiger partial charge in [0.1, 0.15) is 5.75 Å². The van der Waals surface area contributed by atoms with Crippen LogP contribution in [0.3, 0.4) is 0 Å². The molecule has 1 aromatic carbocycles. The second kappa shape index (κ2) is 7.55. The van der Waals surface area contributed by atoms with Gasteiger partial charge in [-0.2, -0.15) is 0 Å². The number of benzene rings is 1. The molecule has 0 aromatic heterocycles. The van der Waals surface area contributed by atoms with Crippen LogP contribution in [0, 0.1) is 0 Å². The van der Waals surface area contributed by atoms with E-state index in [0.717, 1.165) is 17.7 Å². The summed E-state index contributed by atoms with van der Waals surface area (Å²) in [6.07, 6.45) is 3.37. The Morgan fingerprint density at radius 2 is 2.00 bits per heavy atom. The van der Waals surface area contributed by atoms with Gasteiger partial charge in [-0.25, -0.2) is 0 Å². The van der Waals surface area contributed by atoms with Gasteiger partial charge in [-0.3, -0.25) is 0 Å². The van der Waals surface area contributed by atoms with Crippen molar-refractivity contribution in [3.8, 4) is 5.75 Å². The normalized spacial score (nSPS) is 11.7. The number of ether oxygens (including phenoxy) is 1. The van der Waals surface area contributed by atoms with Crippen LogP contribution < -0.4 is 10.5 Å². The van der Waals surface area contributed by atoms with Crippen molar-refractivity contribution in [1.82, 2.24) is 0 Å². The molecule has 0 aliphatic carbocycles. The number of halogens is 1. The van der Waals surface area contributed by atoms with Crippen molar-refractivity contribution in [2.45, 2.75) is 32.2 Å². The third-order valence-corrected chi connectivity index (χ3v) is 2.41. The molecule has 0 amide bonds. The molecule has 0 saturated carbocycles. The Bertz CT molecular complexity index is 278. The zero-order chi connectivity index (χ0) is 10.4. The maximum Gasteiger partial charge on any atom is 0.123 e. The van der Waals surface area contributed by atoms with Gasteiger partial charge in [-0.1, -0.05) is 38.0 Å². The van der Waals surface area contributed by atoms with Crippen molar-refractivity contribution in [3.63, 3.8) is 0 Å². The molecule has 1 atom stereocenters. The minimum absolute atomic E-state index is 0. The first-order valence-electron chi connectivity index (χ1n) is 5.18. The Morgan fingerprint density at radius 3 is 2.60 bits per heavy atom. The molecule has 0 spiro atoms. The summed E-state index contributed by atoms with van der Waals surface area (Å²) in [7, 11) is 1.69. The van der Waals surface area contributed by atoms with E-state index >= 15 is 0 Å². The van der Waals surface area contributed by atoms with Crippen LogP contribution in [0.4, 0.5) is 0 Å². The highest BCUT2D eigenvalue weighted by atomic mass is 35.5. The van der Waals surface area contributed by atoms with Gasteiger partial charge in [0, 0.05) is 11.6 Å². The van der Waals surface area contributed by atoms with Crippen molar-refractivity contribution in [2.24, 2.45) is 5.73 Å². The Balaban J connectivity index is 0.00000196. The predicted molar refractivity (Wildman–Crippen MR) is 66.7 cm³/mol. The molecule has 0 aliphatic rings. The molecule has 2 nitrogen and oxygen atoms in total. The molecule has 1 unspecified atom stereocenters. The van der Waals surface area contributed by atoms with E-state index in [1.807, 2.05) is 24.3 Å². The lowest BCUT2D eigenvalue weighted by atomic mass is 10.0. The molecule has 1 rings (SSSR count). The van der Waals surface area contributed by atoms with Crippen LogP contribution in [0.15, 0.2) is 24.3 Å². The van der Waals surface area contributed by atoms with E-state index in [2.05, 4.69) is 6.92 Å². The standard InChI is InChI=1S/C12H19NO.ClH/c1-3-4-8-11(13)10-7-5-6-9-12(10)14-2;/h5-7,9,11H,3-4,8,13H2,1-2H3;1H. The summed E-state index contributed by atoms with van der Waals surface area (Å²) in [6.45, 7) is 2.18. The molecule has 0 heterocycles. The Labute approximate surface area is 98.2 Å². The second-order valence-corrected chi connectivity index (χ2v) is 3.49. The summed E-state index contributed by atoms with van der Waals surface area (Å²) in [5.74, 6) is 0.899. The fraction of sp³-hybridized carbons (Fsp3) is 0.500. The van der Waals surface area contributed by atoms with E-state index in [1.165, 1.54) is 12.8 Å². The highest BCUT2D eigenvalue weighted by Crippen LogP contribution is 2.26. The number of hydrogen-bond acceptors (Lipinski definition) is 2. The first-order valence-corrected chi connectivity index (χ1v) is 5.18. The van der Waals surface area contributed by atoms with Gasteiger partial charge in [0.05, 0.1) is 7.11 Å². The van der Waals surface area contributed by atoms with Gasteiger partial charge in [0.2, 0.25) is 0 Å². The van der Waals surface area contributed by atoms with Crippen LogP contribution in [0.25, 0.3) is 0 Å². The van der Waals surface area contributed by atoms with Crippen LogP contribution >= 0.6 is 12.4 Å². The van der Waals surface area contributed by atoms with E-state index in [4.69, 9.17) is 10.5 Å². The number of methoxy groups -OCH3 is 1. The molecular weight excluding hydrogens is 210 g/mol. The minimum Gasteiger partial charge on any atom is -0.496 e. The summed E-state index contributed by atoms with van der Waals surface area (Å²) in [5, 5.41) is 0. The second-order valence-electron chi connectivity index (χ2n) is 3.49. The van der Waals surface area contributed by atoms with Gasteiger partial charge >= 0.3 is 0 Å². The number of para-hydroxylation sites is 1. The number of hydrogen-bond donors (Lipinski definition) is 1. The highest BCUT2D eigenvalue weighted by molar-refractivity contribution is 5.85. The average molecular weight is 230 g/mol. The minimum atomic E-state index is 0. The lowest BCUT2D eigenvalue weighted by Gasteiger charge is -2.14. The van der Waals surface area contributed by atoms with E-state index in [0.29, 0.717) is 0 Å². The van der Waals surface area contributed by atoms with E-state index in [1.54, 1.807) is 7.11 Å². The maximum atomic E-state index is 6.08. The van der Waals surface area contributed by atoms with Gasteiger partial charge in [-0.15, -0.1) is 12.4 Å². The zero-order valence-corrected chi connectivity index (χ0v) is 10.2. The predicted octanol–water partition coefficient (Wildman–Crippen LogP) is 3.31. The van der Waals surface area contributed by atoms with Crippen LogP contribution in [0.2, 0.25) is 0 Å². The molecule has 3 heteroatoms. The summed E-state index contributed by atoms with van der Waals surface area (Å²) >= 11 is 0. The van der Waals surface area contributed by atoms with Crippen molar-refractivity contribution in [1.29, 1.82) is 0 Å². The molecule has 86 valence electrons. The van der Waals surface area contributed by atoms with Crippen molar-refractivity contribution < 1.29 is 4.74 Å². The van der Waals surface area contributed by atoms with Crippen molar-refractivity contribution in [2.75, 3.05) is 7.11 Å². The number of unbranched alkanes of at least 4 members (excludes halogenated alkanes) is 1. The van der Waals surface area contributed by atoms with E-state index in [9.17, 15) is 0 Å². The molecule has 0 aliphatic heterocycles. The molecule has 0 fully saturated rings. The molecular formula is C12H20ClNO. The van der Waals surface area contributed by atoms with Gasteiger partial charge in [-0.05, 0) is 12.5 Å². The monoisotopic (exact) mass is 229 g/mol. The smallest absolute Gasteiger partial charge is 0.123 e. The quantitative estimate of drug-likeness (QED) is 0.841. The summed E-state index contributed by atoms with van der Waals surface area (Å²) < 4.78 is 5.27. The Hall–Kier alpha value is -0.730. The maximum absolute atomic E-state index is 6.08. The van der Waals surface area contributed by atoms with E-state index < -0.39 is 0 Å². The molecule has 0 radical (unpaired) electrons. The summed E-state index contributed by atoms with van der Waals surface area (Å²) in [5.41, 5.74) is 7.19. The SMILES string of the molecule is CCCCC(N)c1ccccc1OC.Cl. The first-order chi connectivity index (χ1) is 6.79. The summed E-state index contributed by atoms with van der Waals surface area (Å²) in [6, 6.07) is 8.07. The van der Waals surface area contributed by atoms with E-state index in [-0.39, 0.29) is 18.4 Å². The molecule has 0 saturated heterocycles. The van der Waals surface area contributed by atoms with Crippen LogP contribution in [-0.2, 0) is 0 Å². The first kappa shape index (κ1) is 14.3. The van der Waals surface area contributed by atoms with Crippen LogP contribution in [0.5, 0.6) is 5.75 Å². The largest absolute Gasteiger partial charge is 0.496 e. The molecule has 2 N–H and O–H groups in total. The number of rotatable bonds is 5. The van der Waals surface area contributed by atoms with Crippen LogP contribution in [0.1, 0.15) is 37.8 Å². The molecule has 1 aromatic rings. The third-order valence-electron chi connectivity index (χ3n) is 2.41. The molecule has 0 bridgehead atoms. The summed E-state index contributed by atoms with van der Waals surface area (Å²) in [4.78, 5) is 0. The third kappa shape index (κ3) is 4.10. The fourth-order valence-corrected chi connectivity index (χ4v) is 1.55. The Morgan fingerprint density at radius 1 is 1.33 bits per heavy atom. The highest BCUT2D eigenvalue weighted by Gasteiger charge is 2.09. The lowest BCUT2D eigenvalue weighted by Crippen LogP contribution is -2.11. The molecule has 15 heavy (non-hydrogen) atoms. The average Bonchev–Trinajstić information content (AvgIpc) is 2.25. The number of nitrogens with two attached hydrogens (primary N) is 1. The zero-order valence-electron chi connectivity index (χ0n) is 9.40. The topological polar surface area (TPSA) is 35.2 Å². The fourth-order valence-electron chi connectivity index (χ4n) is 1.55. The van der Waals surface area contributed by atoms with Crippen molar-refractivity contribution in [3.05, 3.63) is 29.8 Å². The van der Waals surface area contributed by atoms with Gasteiger partial charge < -0.3 is 10.5 Å². The van der Waals surface area contributed by atoms with Gasteiger partial charge in [0.15, 0.2) is 0 Å². The van der Waals surface area contributed by atoms with Crippen LogP contribution in [-0.4, -0.2) is 7.11 Å². The lowest BCUT2D eigenvalue weighted by molar-refractivity contribution is 0.403. The van der Waals surface area contributed by atoms with Gasteiger partial charge in [0.25, 0.3) is 0 Å². The Kier molecular flexibility index (Phi) is 7.18. The van der Waals surface area contributed by atoms with Crippen molar-refractivity contribution >= 4 is 12.4 Å².